The molecule has 1 aliphatic heterocycles. The Morgan fingerprint density at radius 1 is 0.800 bits per heavy atom. The van der Waals surface area contributed by atoms with E-state index in [1.54, 1.807) is 0 Å². The third-order valence-corrected chi connectivity index (χ3v) is 4.24. The summed E-state index contributed by atoms with van der Waals surface area (Å²) in [6, 6.07) is 0. The van der Waals surface area contributed by atoms with Crippen LogP contribution in [0.2, 0.25) is 0 Å². The van der Waals surface area contributed by atoms with Crippen LogP contribution in [0.25, 0.3) is 0 Å². The average Bonchev–Trinajstić information content (AvgIpc) is 2.60. The summed E-state index contributed by atoms with van der Waals surface area (Å²) >= 11 is 0. The summed E-state index contributed by atoms with van der Waals surface area (Å²) < 4.78 is 10.6. The largest absolute Gasteiger partial charge is 0.465 e. The van der Waals surface area contributed by atoms with E-state index >= 15 is 0 Å². The maximum absolute atomic E-state index is 11.7. The summed E-state index contributed by atoms with van der Waals surface area (Å²) in [5.41, 5.74) is 0. The fourth-order valence-corrected chi connectivity index (χ4v) is 2.41. The predicted octanol–water partition coefficient (Wildman–Crippen LogP) is 2.98. The predicted molar refractivity (Wildman–Crippen MR) is 96.0 cm³/mol. The van der Waals surface area contributed by atoms with Crippen molar-refractivity contribution in [2.24, 2.45) is 5.92 Å². The molecule has 0 aromatic carbocycles. The number of cyclic esters (lactones) is 2. The highest BCUT2D eigenvalue weighted by molar-refractivity contribution is 5.69. The molecular weight excluding hydrogens is 324 g/mol. The highest BCUT2D eigenvalue weighted by Crippen LogP contribution is 2.14. The first kappa shape index (κ1) is 23.9. The van der Waals surface area contributed by atoms with Crippen molar-refractivity contribution in [3.8, 4) is 0 Å². The number of carbonyl (C=O) groups is 2. The highest BCUT2D eigenvalue weighted by Gasteiger charge is 2.18. The topological polar surface area (TPSA) is 93.1 Å². The summed E-state index contributed by atoms with van der Waals surface area (Å²) in [5.74, 6) is -0.233. The lowest BCUT2D eigenvalue weighted by atomic mass is 10.1. The van der Waals surface area contributed by atoms with Crippen LogP contribution in [0.4, 0.5) is 0 Å². The average molecular weight is 360 g/mol. The first-order chi connectivity index (χ1) is 12.0. The minimum atomic E-state index is -0.207. The summed E-state index contributed by atoms with van der Waals surface area (Å²) in [7, 11) is 0. The molecule has 0 radical (unpaired) electrons. The second-order valence-corrected chi connectivity index (χ2v) is 6.63. The molecule has 6 heteroatoms. The van der Waals surface area contributed by atoms with E-state index in [-0.39, 0.29) is 37.2 Å². The van der Waals surface area contributed by atoms with Crippen LogP contribution in [-0.4, -0.2) is 48.1 Å². The van der Waals surface area contributed by atoms with Gasteiger partial charge in [-0.15, -0.1) is 0 Å². The molecule has 1 rings (SSSR count). The van der Waals surface area contributed by atoms with Crippen molar-refractivity contribution in [2.45, 2.75) is 84.2 Å². The lowest BCUT2D eigenvalue weighted by Gasteiger charge is -2.20. The van der Waals surface area contributed by atoms with Crippen molar-refractivity contribution in [3.05, 3.63) is 0 Å². The number of carbonyl (C=O) groups excluding carboxylic acids is 2. The van der Waals surface area contributed by atoms with Crippen LogP contribution >= 0.6 is 0 Å². The number of aliphatic hydroxyl groups excluding tert-OH is 2. The number of hydrogen-bond donors (Lipinski definition) is 2. The van der Waals surface area contributed by atoms with Crippen molar-refractivity contribution < 1.29 is 29.3 Å². The number of hydrogen-bond acceptors (Lipinski definition) is 6. The van der Waals surface area contributed by atoms with E-state index in [9.17, 15) is 9.59 Å². The molecular formula is C19H36O6. The lowest BCUT2D eigenvalue weighted by molar-refractivity contribution is -0.154. The van der Waals surface area contributed by atoms with Gasteiger partial charge in [0.15, 0.2) is 0 Å². The molecule has 2 N–H and O–H groups in total. The Kier molecular flexibility index (Phi) is 15.6. The molecule has 6 nitrogen and oxygen atoms in total. The van der Waals surface area contributed by atoms with Crippen LogP contribution < -0.4 is 0 Å². The molecule has 0 aromatic rings. The van der Waals surface area contributed by atoms with Crippen LogP contribution in [0.1, 0.15) is 78.1 Å². The Hall–Kier alpha value is -1.14. The zero-order valence-corrected chi connectivity index (χ0v) is 15.9. The third-order valence-electron chi connectivity index (χ3n) is 4.24. The van der Waals surface area contributed by atoms with Gasteiger partial charge in [-0.05, 0) is 19.8 Å². The van der Waals surface area contributed by atoms with E-state index in [0.29, 0.717) is 19.4 Å². The zero-order valence-electron chi connectivity index (χ0n) is 15.9. The quantitative estimate of drug-likeness (QED) is 0.698. The molecule has 2 unspecified atom stereocenters. The standard InChI is InChI=1S/C17H30O4.C2H6O2/c1-14-13-20-16(18)11-9-7-5-3-4-6-8-10-12-17(19)21-15(14)2;3-1-2-4/h14-15H,3-13H2,1-2H3;3-4H,1-2H2. The fourth-order valence-electron chi connectivity index (χ4n) is 2.41. The van der Waals surface area contributed by atoms with Gasteiger partial charge in [0.05, 0.1) is 19.8 Å². The van der Waals surface area contributed by atoms with Gasteiger partial charge in [-0.2, -0.15) is 0 Å². The van der Waals surface area contributed by atoms with Crippen LogP contribution in [-0.2, 0) is 19.1 Å². The van der Waals surface area contributed by atoms with E-state index in [1.165, 1.54) is 25.7 Å². The van der Waals surface area contributed by atoms with Gasteiger partial charge in [0.25, 0.3) is 0 Å². The third kappa shape index (κ3) is 14.9. The SMILES string of the molecule is CC1COC(=O)CCCCCCCCCCC(=O)OC1C.OCCO. The second kappa shape index (κ2) is 16.3. The van der Waals surface area contributed by atoms with Crippen molar-refractivity contribution in [3.63, 3.8) is 0 Å². The molecule has 1 fully saturated rings. The molecule has 2 atom stereocenters. The molecule has 25 heavy (non-hydrogen) atoms. The molecule has 1 heterocycles. The van der Waals surface area contributed by atoms with Crippen LogP contribution in [0.3, 0.4) is 0 Å². The fraction of sp³-hybridized carbons (Fsp3) is 0.895. The number of aliphatic hydroxyl groups is 2. The number of rotatable bonds is 1. The molecule has 1 aliphatic rings. The number of esters is 2. The molecule has 0 spiro atoms. The summed E-state index contributed by atoms with van der Waals surface area (Å²) in [4.78, 5) is 23.3. The molecule has 1 saturated heterocycles. The Bertz CT molecular complexity index is 343. The van der Waals surface area contributed by atoms with Crippen LogP contribution in [0.15, 0.2) is 0 Å². The van der Waals surface area contributed by atoms with Crippen molar-refractivity contribution in [1.29, 1.82) is 0 Å². The van der Waals surface area contributed by atoms with Crippen molar-refractivity contribution in [1.82, 2.24) is 0 Å². The molecule has 0 bridgehead atoms. The maximum Gasteiger partial charge on any atom is 0.306 e. The minimum Gasteiger partial charge on any atom is -0.465 e. The van der Waals surface area contributed by atoms with Gasteiger partial charge in [-0.25, -0.2) is 0 Å². The van der Waals surface area contributed by atoms with Gasteiger partial charge in [-0.3, -0.25) is 9.59 Å². The maximum atomic E-state index is 11.7. The van der Waals surface area contributed by atoms with Gasteiger partial charge in [-0.1, -0.05) is 45.4 Å². The van der Waals surface area contributed by atoms with Gasteiger partial charge in [0.1, 0.15) is 6.10 Å². The molecule has 148 valence electrons. The first-order valence-corrected chi connectivity index (χ1v) is 9.58. The Labute approximate surface area is 151 Å². The van der Waals surface area contributed by atoms with Crippen molar-refractivity contribution >= 4 is 11.9 Å². The first-order valence-electron chi connectivity index (χ1n) is 9.58. The summed E-state index contributed by atoms with van der Waals surface area (Å²) in [5, 5.41) is 15.2. The van der Waals surface area contributed by atoms with E-state index in [4.69, 9.17) is 19.7 Å². The molecule has 0 amide bonds. The summed E-state index contributed by atoms with van der Waals surface area (Å²) in [6.07, 6.45) is 9.61. The molecule has 0 aliphatic carbocycles. The Morgan fingerprint density at radius 2 is 1.24 bits per heavy atom. The van der Waals surface area contributed by atoms with Crippen molar-refractivity contribution in [2.75, 3.05) is 19.8 Å². The van der Waals surface area contributed by atoms with E-state index in [1.807, 2.05) is 13.8 Å². The monoisotopic (exact) mass is 360 g/mol. The normalized spacial score (nSPS) is 25.0. The van der Waals surface area contributed by atoms with Gasteiger partial charge in [0.2, 0.25) is 0 Å². The molecule has 0 aromatic heterocycles. The molecule has 0 saturated carbocycles. The Morgan fingerprint density at radius 3 is 1.72 bits per heavy atom. The van der Waals surface area contributed by atoms with Gasteiger partial charge >= 0.3 is 11.9 Å². The minimum absolute atomic E-state index is 0.0357. The van der Waals surface area contributed by atoms with Gasteiger partial charge in [0, 0.05) is 18.8 Å². The smallest absolute Gasteiger partial charge is 0.306 e. The van der Waals surface area contributed by atoms with Crippen LogP contribution in [0, 0.1) is 5.92 Å². The second-order valence-electron chi connectivity index (χ2n) is 6.63. The lowest BCUT2D eigenvalue weighted by Crippen LogP contribution is -2.26. The zero-order chi connectivity index (χ0) is 18.9. The number of ether oxygens (including phenoxy) is 2. The van der Waals surface area contributed by atoms with E-state index in [0.717, 1.165) is 25.7 Å². The summed E-state index contributed by atoms with van der Waals surface area (Å²) in [6.45, 7) is 3.89. The highest BCUT2D eigenvalue weighted by atomic mass is 16.6. The van der Waals surface area contributed by atoms with Gasteiger partial charge < -0.3 is 19.7 Å². The van der Waals surface area contributed by atoms with E-state index < -0.39 is 0 Å². The van der Waals surface area contributed by atoms with E-state index in [2.05, 4.69) is 0 Å². The Balaban J connectivity index is 0.00000129. The van der Waals surface area contributed by atoms with Crippen LogP contribution in [0.5, 0.6) is 0 Å².